The zero-order valence-electron chi connectivity index (χ0n) is 19.0. The van der Waals surface area contributed by atoms with Crippen LogP contribution < -0.4 is 4.74 Å². The Bertz CT molecular complexity index is 720. The van der Waals surface area contributed by atoms with Crippen LogP contribution in [-0.2, 0) is 11.3 Å². The fourth-order valence-electron chi connectivity index (χ4n) is 4.96. The van der Waals surface area contributed by atoms with Crippen molar-refractivity contribution in [2.75, 3.05) is 72.6 Å². The van der Waals surface area contributed by atoms with Gasteiger partial charge >= 0.3 is 0 Å². The number of ether oxygens (including phenoxy) is 1. The van der Waals surface area contributed by atoms with Gasteiger partial charge < -0.3 is 19.6 Å². The molecule has 3 fully saturated rings. The number of hydrogen-bond acceptors (Lipinski definition) is 6. The molecule has 0 spiro atoms. The summed E-state index contributed by atoms with van der Waals surface area (Å²) in [6.45, 7) is 9.94. The van der Waals surface area contributed by atoms with Gasteiger partial charge in [0.25, 0.3) is 0 Å². The van der Waals surface area contributed by atoms with Gasteiger partial charge in [-0.1, -0.05) is 12.1 Å². The van der Waals surface area contributed by atoms with Crippen LogP contribution in [0.1, 0.15) is 31.2 Å². The van der Waals surface area contributed by atoms with Crippen molar-refractivity contribution in [1.82, 2.24) is 19.6 Å². The smallest absolute Gasteiger partial charge is 0.222 e. The van der Waals surface area contributed by atoms with Crippen LogP contribution in [0, 0.1) is 0 Å². The van der Waals surface area contributed by atoms with Crippen LogP contribution in [0.3, 0.4) is 0 Å². The Hall–Kier alpha value is -1.67. The van der Waals surface area contributed by atoms with Crippen LogP contribution in [0.4, 0.5) is 0 Å². The maximum atomic E-state index is 11.6. The summed E-state index contributed by atoms with van der Waals surface area (Å²) in [4.78, 5) is 20.7. The standard InChI is InChI=1S/C24H38N4O3/c1-25-13-15-26(16-14-25)19-24(30)9-12-27(20-24)18-21-5-7-22(8-6-21)31-17-3-11-28-10-2-4-23(28)29/h5-8,30H,2-4,9-20H2,1H3/t24-/m0/s1. The van der Waals surface area contributed by atoms with E-state index >= 15 is 0 Å². The minimum atomic E-state index is -0.588. The molecule has 3 saturated heterocycles. The third-order valence-electron chi connectivity index (χ3n) is 6.87. The predicted octanol–water partition coefficient (Wildman–Crippen LogP) is 1.26. The van der Waals surface area contributed by atoms with Crippen molar-refractivity contribution in [1.29, 1.82) is 0 Å². The molecule has 0 bridgehead atoms. The fourth-order valence-corrected chi connectivity index (χ4v) is 4.96. The number of benzene rings is 1. The lowest BCUT2D eigenvalue weighted by molar-refractivity contribution is -0.127. The van der Waals surface area contributed by atoms with Crippen molar-refractivity contribution < 1.29 is 14.6 Å². The molecule has 3 aliphatic heterocycles. The molecule has 1 aromatic rings. The summed E-state index contributed by atoms with van der Waals surface area (Å²) < 4.78 is 5.85. The van der Waals surface area contributed by atoms with Gasteiger partial charge in [0.15, 0.2) is 0 Å². The van der Waals surface area contributed by atoms with Crippen LogP contribution in [-0.4, -0.2) is 109 Å². The lowest BCUT2D eigenvalue weighted by atomic mass is 10.0. The Morgan fingerprint density at radius 2 is 1.81 bits per heavy atom. The number of carbonyl (C=O) groups excluding carboxylic acids is 1. The van der Waals surface area contributed by atoms with Crippen molar-refractivity contribution in [3.05, 3.63) is 29.8 Å². The first kappa shape index (κ1) is 22.5. The summed E-state index contributed by atoms with van der Waals surface area (Å²) in [5.74, 6) is 1.16. The normalized spacial score (nSPS) is 26.1. The molecular weight excluding hydrogens is 392 g/mol. The van der Waals surface area contributed by atoms with E-state index < -0.39 is 5.60 Å². The van der Waals surface area contributed by atoms with E-state index in [1.807, 2.05) is 17.0 Å². The molecule has 4 rings (SSSR count). The van der Waals surface area contributed by atoms with Gasteiger partial charge in [-0.15, -0.1) is 0 Å². The maximum Gasteiger partial charge on any atom is 0.222 e. The van der Waals surface area contributed by atoms with Crippen LogP contribution in [0.25, 0.3) is 0 Å². The molecule has 0 unspecified atom stereocenters. The molecule has 3 aliphatic rings. The predicted molar refractivity (Wildman–Crippen MR) is 121 cm³/mol. The van der Waals surface area contributed by atoms with E-state index in [2.05, 4.69) is 33.9 Å². The number of likely N-dealkylation sites (N-methyl/N-ethyl adjacent to an activating group) is 1. The molecule has 1 aromatic carbocycles. The number of carbonyl (C=O) groups is 1. The third kappa shape index (κ3) is 6.42. The quantitative estimate of drug-likeness (QED) is 0.596. The van der Waals surface area contributed by atoms with Crippen molar-refractivity contribution in [3.8, 4) is 5.75 Å². The maximum absolute atomic E-state index is 11.6. The molecule has 7 nitrogen and oxygen atoms in total. The summed E-state index contributed by atoms with van der Waals surface area (Å²) >= 11 is 0. The monoisotopic (exact) mass is 430 g/mol. The third-order valence-corrected chi connectivity index (χ3v) is 6.87. The SMILES string of the molecule is CN1CCN(C[C@@]2(O)CCN(Cc3ccc(OCCCN4CCCC4=O)cc3)C2)CC1. The highest BCUT2D eigenvalue weighted by atomic mass is 16.5. The van der Waals surface area contributed by atoms with E-state index in [0.717, 1.165) is 90.5 Å². The van der Waals surface area contributed by atoms with Crippen molar-refractivity contribution in [2.45, 2.75) is 37.8 Å². The highest BCUT2D eigenvalue weighted by Crippen LogP contribution is 2.25. The largest absolute Gasteiger partial charge is 0.494 e. The Balaban J connectivity index is 1.16. The van der Waals surface area contributed by atoms with Gasteiger partial charge in [-0.2, -0.15) is 0 Å². The summed E-state index contributed by atoms with van der Waals surface area (Å²) in [6, 6.07) is 8.31. The van der Waals surface area contributed by atoms with Crippen molar-refractivity contribution in [3.63, 3.8) is 0 Å². The second-order valence-corrected chi connectivity index (χ2v) is 9.59. The number of hydrogen-bond donors (Lipinski definition) is 1. The molecule has 7 heteroatoms. The van der Waals surface area contributed by atoms with Gasteiger partial charge in [0.05, 0.1) is 12.2 Å². The first-order valence-corrected chi connectivity index (χ1v) is 11.8. The van der Waals surface area contributed by atoms with Crippen LogP contribution >= 0.6 is 0 Å². The second kappa shape index (κ2) is 10.3. The van der Waals surface area contributed by atoms with Gasteiger partial charge in [0.2, 0.25) is 5.91 Å². The Morgan fingerprint density at radius 3 is 2.52 bits per heavy atom. The van der Waals surface area contributed by atoms with Gasteiger partial charge in [-0.05, 0) is 44.0 Å². The Morgan fingerprint density at radius 1 is 1.03 bits per heavy atom. The summed E-state index contributed by atoms with van der Waals surface area (Å²) in [6.07, 6.45) is 3.41. The molecule has 1 N–H and O–H groups in total. The van der Waals surface area contributed by atoms with Gasteiger partial charge in [0.1, 0.15) is 5.75 Å². The summed E-state index contributed by atoms with van der Waals surface area (Å²) in [7, 11) is 2.16. The van der Waals surface area contributed by atoms with E-state index in [0.29, 0.717) is 13.0 Å². The highest BCUT2D eigenvalue weighted by Gasteiger charge is 2.37. The van der Waals surface area contributed by atoms with E-state index in [4.69, 9.17) is 4.74 Å². The van der Waals surface area contributed by atoms with E-state index in [9.17, 15) is 9.90 Å². The molecule has 0 aliphatic carbocycles. The number of nitrogens with zero attached hydrogens (tertiary/aromatic N) is 4. The number of aliphatic hydroxyl groups is 1. The van der Waals surface area contributed by atoms with Crippen molar-refractivity contribution >= 4 is 5.91 Å². The number of likely N-dealkylation sites (tertiary alicyclic amines) is 2. The zero-order valence-corrected chi connectivity index (χ0v) is 19.0. The number of β-amino-alcohol motifs (C(OH)–C–C–N with tert-alkyl or cyclic N) is 1. The second-order valence-electron chi connectivity index (χ2n) is 9.59. The first-order valence-electron chi connectivity index (χ1n) is 11.8. The molecule has 0 saturated carbocycles. The summed E-state index contributed by atoms with van der Waals surface area (Å²) in [5, 5.41) is 11.1. The van der Waals surface area contributed by atoms with E-state index in [1.165, 1.54) is 5.56 Å². The molecule has 172 valence electrons. The number of rotatable bonds is 9. The van der Waals surface area contributed by atoms with E-state index in [-0.39, 0.29) is 5.91 Å². The number of amides is 1. The minimum absolute atomic E-state index is 0.279. The topological polar surface area (TPSA) is 59.5 Å². The Labute approximate surface area is 186 Å². The van der Waals surface area contributed by atoms with Crippen LogP contribution in [0.5, 0.6) is 5.75 Å². The van der Waals surface area contributed by atoms with Crippen LogP contribution in [0.2, 0.25) is 0 Å². The number of piperazine rings is 1. The first-order chi connectivity index (χ1) is 15.0. The highest BCUT2D eigenvalue weighted by molar-refractivity contribution is 5.77. The molecule has 0 radical (unpaired) electrons. The van der Waals surface area contributed by atoms with Gasteiger partial charge in [-0.25, -0.2) is 0 Å². The zero-order chi connectivity index (χ0) is 21.7. The van der Waals surface area contributed by atoms with E-state index in [1.54, 1.807) is 0 Å². The minimum Gasteiger partial charge on any atom is -0.494 e. The lowest BCUT2D eigenvalue weighted by Gasteiger charge is -2.36. The van der Waals surface area contributed by atoms with Crippen LogP contribution in [0.15, 0.2) is 24.3 Å². The molecule has 31 heavy (non-hydrogen) atoms. The molecule has 1 amide bonds. The van der Waals surface area contributed by atoms with Gasteiger partial charge in [-0.3, -0.25) is 14.6 Å². The average Bonchev–Trinajstić information content (AvgIpc) is 3.33. The molecule has 3 heterocycles. The summed E-state index contributed by atoms with van der Waals surface area (Å²) in [5.41, 5.74) is 0.661. The van der Waals surface area contributed by atoms with Crippen molar-refractivity contribution in [2.24, 2.45) is 0 Å². The fraction of sp³-hybridized carbons (Fsp3) is 0.708. The van der Waals surface area contributed by atoms with Gasteiger partial charge in [0, 0.05) is 71.9 Å². The lowest BCUT2D eigenvalue weighted by Crippen LogP contribution is -2.51. The average molecular weight is 431 g/mol. The Kier molecular flexibility index (Phi) is 7.48. The molecular formula is C24H38N4O3. The molecule has 0 aromatic heterocycles. The molecule has 1 atom stereocenters.